The van der Waals surface area contributed by atoms with E-state index in [1.807, 2.05) is 30.3 Å². The maximum absolute atomic E-state index is 13.6. The zero-order valence-electron chi connectivity index (χ0n) is 14.2. The van der Waals surface area contributed by atoms with Crippen LogP contribution in [0, 0.1) is 5.82 Å². The lowest BCUT2D eigenvalue weighted by atomic mass is 9.89. The van der Waals surface area contributed by atoms with E-state index in [1.54, 1.807) is 6.20 Å². The third-order valence-corrected chi connectivity index (χ3v) is 5.43. The molecule has 1 aliphatic heterocycles. The SMILES string of the molecule is O=C1C[C@@H](C(=O)NCc2cnc(-c3ccccc3)s2)c2cc(F)ccc2N1. The quantitative estimate of drug-likeness (QED) is 0.724. The lowest BCUT2D eigenvalue weighted by Gasteiger charge is -2.24. The van der Waals surface area contributed by atoms with Crippen molar-refractivity contribution in [1.29, 1.82) is 0 Å². The fourth-order valence-corrected chi connectivity index (χ4v) is 3.92. The highest BCUT2D eigenvalue weighted by atomic mass is 32.1. The molecule has 0 radical (unpaired) electrons. The summed E-state index contributed by atoms with van der Waals surface area (Å²) in [5.41, 5.74) is 2.01. The average molecular weight is 381 g/mol. The van der Waals surface area contributed by atoms with Crippen molar-refractivity contribution in [2.75, 3.05) is 5.32 Å². The maximum Gasteiger partial charge on any atom is 0.228 e. The number of aromatic nitrogens is 1. The number of benzene rings is 2. The molecule has 136 valence electrons. The fraction of sp³-hybridized carbons (Fsp3) is 0.150. The standard InChI is InChI=1S/C20H16FN3O2S/c21-13-6-7-17-15(8-13)16(9-18(25)24-17)19(26)22-10-14-11-23-20(27-14)12-4-2-1-3-5-12/h1-8,11,16H,9-10H2,(H,22,26)(H,24,25)/t16-/m1/s1. The number of carbonyl (C=O) groups excluding carboxylic acids is 2. The Morgan fingerprint density at radius 2 is 2.07 bits per heavy atom. The Bertz CT molecular complexity index is 1000. The molecule has 2 heterocycles. The van der Waals surface area contributed by atoms with Gasteiger partial charge < -0.3 is 10.6 Å². The van der Waals surface area contributed by atoms with E-state index in [0.29, 0.717) is 17.8 Å². The van der Waals surface area contributed by atoms with Gasteiger partial charge in [-0.3, -0.25) is 9.59 Å². The van der Waals surface area contributed by atoms with E-state index < -0.39 is 11.7 Å². The summed E-state index contributed by atoms with van der Waals surface area (Å²) in [6.07, 6.45) is 1.73. The number of anilines is 1. The number of nitrogens with zero attached hydrogens (tertiary/aromatic N) is 1. The molecule has 2 aromatic carbocycles. The molecule has 3 aromatic rings. The van der Waals surface area contributed by atoms with Gasteiger partial charge in [-0.1, -0.05) is 30.3 Å². The molecular weight excluding hydrogens is 365 g/mol. The normalized spacial score (nSPS) is 15.7. The number of thiazole rings is 1. The Morgan fingerprint density at radius 1 is 1.26 bits per heavy atom. The van der Waals surface area contributed by atoms with Gasteiger partial charge in [-0.2, -0.15) is 0 Å². The summed E-state index contributed by atoms with van der Waals surface area (Å²) in [6.45, 7) is 0.312. The van der Waals surface area contributed by atoms with Crippen molar-refractivity contribution in [3.8, 4) is 10.6 Å². The third kappa shape index (κ3) is 3.73. The highest BCUT2D eigenvalue weighted by Crippen LogP contribution is 2.33. The summed E-state index contributed by atoms with van der Waals surface area (Å²) in [4.78, 5) is 29.8. The number of hydrogen-bond donors (Lipinski definition) is 2. The topological polar surface area (TPSA) is 71.1 Å². The second-order valence-corrected chi connectivity index (χ2v) is 7.37. The minimum Gasteiger partial charge on any atom is -0.351 e. The van der Waals surface area contributed by atoms with Crippen molar-refractivity contribution in [3.05, 3.63) is 71.0 Å². The Kier molecular flexibility index (Phi) is 4.68. The molecule has 2 N–H and O–H groups in total. The van der Waals surface area contributed by atoms with Crippen molar-refractivity contribution in [2.45, 2.75) is 18.9 Å². The van der Waals surface area contributed by atoms with Crippen LogP contribution in [0.5, 0.6) is 0 Å². The van der Waals surface area contributed by atoms with E-state index in [9.17, 15) is 14.0 Å². The summed E-state index contributed by atoms with van der Waals surface area (Å²) in [5, 5.41) is 6.40. The van der Waals surface area contributed by atoms with Gasteiger partial charge in [0.05, 0.1) is 12.5 Å². The second kappa shape index (κ2) is 7.28. The summed E-state index contributed by atoms with van der Waals surface area (Å²) in [5.74, 6) is -1.69. The predicted octanol–water partition coefficient (Wildman–Crippen LogP) is 3.69. The van der Waals surface area contributed by atoms with Gasteiger partial charge in [-0.05, 0) is 23.8 Å². The number of rotatable bonds is 4. The van der Waals surface area contributed by atoms with Gasteiger partial charge in [-0.15, -0.1) is 11.3 Å². The smallest absolute Gasteiger partial charge is 0.228 e. The van der Waals surface area contributed by atoms with Crippen molar-refractivity contribution < 1.29 is 14.0 Å². The molecule has 4 rings (SSSR count). The minimum atomic E-state index is -0.703. The summed E-state index contributed by atoms with van der Waals surface area (Å²) in [6, 6.07) is 13.9. The molecule has 0 bridgehead atoms. The van der Waals surface area contributed by atoms with Gasteiger partial charge in [0.2, 0.25) is 11.8 Å². The summed E-state index contributed by atoms with van der Waals surface area (Å²) >= 11 is 1.50. The molecule has 0 saturated heterocycles. The van der Waals surface area contributed by atoms with Crippen LogP contribution in [0.3, 0.4) is 0 Å². The molecule has 0 spiro atoms. The number of amides is 2. The number of hydrogen-bond acceptors (Lipinski definition) is 4. The van der Waals surface area contributed by atoms with Crippen LogP contribution in [0.15, 0.2) is 54.7 Å². The van der Waals surface area contributed by atoms with E-state index >= 15 is 0 Å². The van der Waals surface area contributed by atoms with Crippen molar-refractivity contribution >= 4 is 28.8 Å². The molecule has 2 amide bonds. The molecule has 5 nitrogen and oxygen atoms in total. The summed E-state index contributed by atoms with van der Waals surface area (Å²) < 4.78 is 13.6. The largest absolute Gasteiger partial charge is 0.351 e. The zero-order valence-corrected chi connectivity index (χ0v) is 15.1. The van der Waals surface area contributed by atoms with Crippen LogP contribution in [0.25, 0.3) is 10.6 Å². The average Bonchev–Trinajstić information content (AvgIpc) is 3.15. The van der Waals surface area contributed by atoms with E-state index in [0.717, 1.165) is 15.4 Å². The Labute approximate surface area is 159 Å². The molecule has 0 saturated carbocycles. The molecule has 7 heteroatoms. The van der Waals surface area contributed by atoms with E-state index in [4.69, 9.17) is 0 Å². The van der Waals surface area contributed by atoms with Crippen LogP contribution in [0.1, 0.15) is 22.8 Å². The van der Waals surface area contributed by atoms with Gasteiger partial charge in [0.1, 0.15) is 10.8 Å². The van der Waals surface area contributed by atoms with E-state index in [1.165, 1.54) is 29.5 Å². The van der Waals surface area contributed by atoms with Crippen LogP contribution >= 0.6 is 11.3 Å². The van der Waals surface area contributed by atoms with Gasteiger partial charge in [-0.25, -0.2) is 9.37 Å². The first-order valence-corrected chi connectivity index (χ1v) is 9.29. The molecule has 0 aliphatic carbocycles. The number of halogens is 1. The first kappa shape index (κ1) is 17.4. The zero-order chi connectivity index (χ0) is 18.8. The first-order valence-electron chi connectivity index (χ1n) is 8.47. The number of carbonyl (C=O) groups is 2. The van der Waals surface area contributed by atoms with Crippen molar-refractivity contribution in [3.63, 3.8) is 0 Å². The first-order chi connectivity index (χ1) is 13.1. The van der Waals surface area contributed by atoms with Gasteiger partial charge in [0.15, 0.2) is 0 Å². The third-order valence-electron chi connectivity index (χ3n) is 4.38. The van der Waals surface area contributed by atoms with Crippen LogP contribution in [-0.4, -0.2) is 16.8 Å². The number of fused-ring (bicyclic) bond motifs is 1. The van der Waals surface area contributed by atoms with Crippen LogP contribution in [0.4, 0.5) is 10.1 Å². The van der Waals surface area contributed by atoms with Gasteiger partial charge in [0.25, 0.3) is 0 Å². The van der Waals surface area contributed by atoms with Crippen LogP contribution in [0.2, 0.25) is 0 Å². The van der Waals surface area contributed by atoms with Gasteiger partial charge >= 0.3 is 0 Å². The van der Waals surface area contributed by atoms with Crippen LogP contribution < -0.4 is 10.6 Å². The molecule has 0 fully saturated rings. The Hall–Kier alpha value is -3.06. The lowest BCUT2D eigenvalue weighted by Crippen LogP contribution is -2.34. The summed E-state index contributed by atoms with van der Waals surface area (Å²) in [7, 11) is 0. The Balaban J connectivity index is 1.47. The molecule has 1 aliphatic rings. The van der Waals surface area contributed by atoms with Crippen molar-refractivity contribution in [1.82, 2.24) is 10.3 Å². The molecule has 27 heavy (non-hydrogen) atoms. The highest BCUT2D eigenvalue weighted by Gasteiger charge is 2.31. The fourth-order valence-electron chi connectivity index (χ4n) is 3.07. The predicted molar refractivity (Wildman–Crippen MR) is 102 cm³/mol. The van der Waals surface area contributed by atoms with Gasteiger partial charge in [0, 0.05) is 28.7 Å². The monoisotopic (exact) mass is 381 g/mol. The number of nitrogens with one attached hydrogen (secondary N) is 2. The van der Waals surface area contributed by atoms with Crippen LogP contribution in [-0.2, 0) is 16.1 Å². The maximum atomic E-state index is 13.6. The Morgan fingerprint density at radius 3 is 2.89 bits per heavy atom. The molecule has 0 unspecified atom stereocenters. The lowest BCUT2D eigenvalue weighted by molar-refractivity contribution is -0.126. The molecular formula is C20H16FN3O2S. The molecule has 1 aromatic heterocycles. The van der Waals surface area contributed by atoms with E-state index in [-0.39, 0.29) is 18.2 Å². The molecule has 1 atom stereocenters. The highest BCUT2D eigenvalue weighted by molar-refractivity contribution is 7.15. The van der Waals surface area contributed by atoms with Crippen molar-refractivity contribution in [2.24, 2.45) is 0 Å². The van der Waals surface area contributed by atoms with E-state index in [2.05, 4.69) is 15.6 Å². The second-order valence-electron chi connectivity index (χ2n) is 6.25. The minimum absolute atomic E-state index is 0.000241.